The van der Waals surface area contributed by atoms with Crippen molar-refractivity contribution in [2.75, 3.05) is 26.2 Å². The number of benzene rings is 2. The van der Waals surface area contributed by atoms with Gasteiger partial charge in [-0.2, -0.15) is 4.31 Å². The third kappa shape index (κ3) is 5.71. The summed E-state index contributed by atoms with van der Waals surface area (Å²) in [6.07, 6.45) is 1.19. The lowest BCUT2D eigenvalue weighted by atomic mass is 10.3. The van der Waals surface area contributed by atoms with E-state index in [1.165, 1.54) is 4.31 Å². The van der Waals surface area contributed by atoms with Crippen LogP contribution >= 0.6 is 0 Å². The summed E-state index contributed by atoms with van der Waals surface area (Å²) in [7, 11) is -3.42. The van der Waals surface area contributed by atoms with Gasteiger partial charge in [-0.1, -0.05) is 18.2 Å². The number of amides is 1. The van der Waals surface area contributed by atoms with Crippen molar-refractivity contribution in [2.45, 2.75) is 30.8 Å². The largest absolute Gasteiger partial charge is 0.492 e. The molecule has 1 saturated heterocycles. The summed E-state index contributed by atoms with van der Waals surface area (Å²) in [5, 5.41) is 2.75. The van der Waals surface area contributed by atoms with Crippen LogP contribution in [0.25, 0.3) is 0 Å². The van der Waals surface area contributed by atoms with Crippen molar-refractivity contribution < 1.29 is 22.7 Å². The van der Waals surface area contributed by atoms with E-state index in [1.807, 2.05) is 18.2 Å². The van der Waals surface area contributed by atoms with Crippen molar-refractivity contribution in [2.24, 2.45) is 0 Å². The Morgan fingerprint density at radius 2 is 1.69 bits per heavy atom. The summed E-state index contributed by atoms with van der Waals surface area (Å²) < 4.78 is 37.7. The van der Waals surface area contributed by atoms with E-state index in [4.69, 9.17) is 9.47 Å². The molecule has 0 aliphatic carbocycles. The lowest BCUT2D eigenvalue weighted by molar-refractivity contribution is -0.127. The van der Waals surface area contributed by atoms with Crippen LogP contribution in [0, 0.1) is 0 Å². The van der Waals surface area contributed by atoms with Gasteiger partial charge in [0.2, 0.25) is 10.0 Å². The second-order valence-electron chi connectivity index (χ2n) is 6.80. The number of ether oxygens (including phenoxy) is 2. The first-order chi connectivity index (χ1) is 14.0. The number of carbonyl (C=O) groups excluding carboxylic acids is 1. The predicted molar refractivity (Wildman–Crippen MR) is 109 cm³/mol. The number of rotatable bonds is 9. The molecule has 1 aliphatic rings. The average molecular weight is 419 g/mol. The number of carbonyl (C=O) groups is 1. The molecule has 156 valence electrons. The summed E-state index contributed by atoms with van der Waals surface area (Å²) in [5.41, 5.74) is 0. The highest BCUT2D eigenvalue weighted by molar-refractivity contribution is 7.89. The highest BCUT2D eigenvalue weighted by Crippen LogP contribution is 2.22. The third-order valence-corrected chi connectivity index (χ3v) is 6.53. The van der Waals surface area contributed by atoms with Gasteiger partial charge in [0.05, 0.1) is 11.4 Å². The molecule has 1 atom stereocenters. The summed E-state index contributed by atoms with van der Waals surface area (Å²) in [6, 6.07) is 15.5. The van der Waals surface area contributed by atoms with Gasteiger partial charge in [-0.05, 0) is 56.2 Å². The number of hydrogen-bond acceptors (Lipinski definition) is 5. The minimum Gasteiger partial charge on any atom is -0.492 e. The van der Waals surface area contributed by atoms with Crippen LogP contribution in [0.2, 0.25) is 0 Å². The number of nitrogens with one attached hydrogen (secondary N) is 1. The molecule has 8 heteroatoms. The van der Waals surface area contributed by atoms with E-state index < -0.39 is 16.1 Å². The number of nitrogens with zero attached hydrogens (tertiary/aromatic N) is 1. The van der Waals surface area contributed by atoms with Crippen LogP contribution in [0.15, 0.2) is 59.5 Å². The lowest BCUT2D eigenvalue weighted by Crippen LogP contribution is -2.38. The quantitative estimate of drug-likeness (QED) is 0.632. The molecule has 0 radical (unpaired) electrons. The van der Waals surface area contributed by atoms with Gasteiger partial charge in [0.1, 0.15) is 18.1 Å². The molecule has 0 spiro atoms. The molecule has 0 bridgehead atoms. The van der Waals surface area contributed by atoms with E-state index in [0.29, 0.717) is 31.1 Å². The van der Waals surface area contributed by atoms with Gasteiger partial charge in [-0.3, -0.25) is 4.79 Å². The Morgan fingerprint density at radius 1 is 1.03 bits per heavy atom. The molecule has 2 aromatic carbocycles. The molecule has 1 fully saturated rings. The summed E-state index contributed by atoms with van der Waals surface area (Å²) in [4.78, 5) is 12.3. The van der Waals surface area contributed by atoms with Gasteiger partial charge in [-0.15, -0.1) is 0 Å². The van der Waals surface area contributed by atoms with E-state index in [0.717, 1.165) is 12.8 Å². The van der Waals surface area contributed by atoms with Crippen LogP contribution in [-0.2, 0) is 14.8 Å². The molecular formula is C21H26N2O5S. The standard InChI is InChI=1S/C21H26N2O5S/c1-17(28-19-7-3-2-4-8-19)21(24)22-13-16-27-18-9-11-20(12-10-18)29(25,26)23-14-5-6-15-23/h2-4,7-12,17H,5-6,13-16H2,1H3,(H,22,24)/t17-/m1/s1. The van der Waals surface area contributed by atoms with Crippen molar-refractivity contribution in [1.29, 1.82) is 0 Å². The molecule has 1 N–H and O–H groups in total. The minimum absolute atomic E-state index is 0.232. The van der Waals surface area contributed by atoms with Crippen molar-refractivity contribution in [3.8, 4) is 11.5 Å². The molecule has 1 aliphatic heterocycles. The Hall–Kier alpha value is -2.58. The number of sulfonamides is 1. The monoisotopic (exact) mass is 418 g/mol. The second kappa shape index (κ2) is 9.76. The van der Waals surface area contributed by atoms with Crippen LogP contribution in [0.1, 0.15) is 19.8 Å². The highest BCUT2D eigenvalue weighted by atomic mass is 32.2. The minimum atomic E-state index is -3.42. The highest BCUT2D eigenvalue weighted by Gasteiger charge is 2.26. The van der Waals surface area contributed by atoms with Crippen molar-refractivity contribution in [3.63, 3.8) is 0 Å². The summed E-state index contributed by atoms with van der Waals surface area (Å²) in [5.74, 6) is 0.952. The predicted octanol–water partition coefficient (Wildman–Crippen LogP) is 2.43. The van der Waals surface area contributed by atoms with Gasteiger partial charge >= 0.3 is 0 Å². The maximum absolute atomic E-state index is 12.5. The van der Waals surface area contributed by atoms with E-state index in [-0.39, 0.29) is 17.4 Å². The van der Waals surface area contributed by atoms with Crippen molar-refractivity contribution in [1.82, 2.24) is 9.62 Å². The van der Waals surface area contributed by atoms with Crippen LogP contribution < -0.4 is 14.8 Å². The second-order valence-corrected chi connectivity index (χ2v) is 8.73. The average Bonchev–Trinajstić information content (AvgIpc) is 3.28. The Labute approximate surface area is 171 Å². The topological polar surface area (TPSA) is 84.9 Å². The molecule has 0 saturated carbocycles. The lowest BCUT2D eigenvalue weighted by Gasteiger charge is -2.16. The number of hydrogen-bond donors (Lipinski definition) is 1. The zero-order valence-electron chi connectivity index (χ0n) is 16.4. The van der Waals surface area contributed by atoms with Gasteiger partial charge < -0.3 is 14.8 Å². The SMILES string of the molecule is C[C@@H](Oc1ccccc1)C(=O)NCCOc1ccc(S(=O)(=O)N2CCCC2)cc1. The van der Waals surface area contributed by atoms with Crippen LogP contribution in [0.5, 0.6) is 11.5 Å². The van der Waals surface area contributed by atoms with E-state index in [9.17, 15) is 13.2 Å². The Bertz CT molecular complexity index is 894. The van der Waals surface area contributed by atoms with Crippen LogP contribution in [-0.4, -0.2) is 51.0 Å². The molecule has 2 aromatic rings. The molecule has 1 heterocycles. The van der Waals surface area contributed by atoms with Crippen LogP contribution in [0.4, 0.5) is 0 Å². The maximum atomic E-state index is 12.5. The molecule has 0 aromatic heterocycles. The third-order valence-electron chi connectivity index (χ3n) is 4.62. The smallest absolute Gasteiger partial charge is 0.260 e. The first-order valence-electron chi connectivity index (χ1n) is 9.69. The molecule has 0 unspecified atom stereocenters. The van der Waals surface area contributed by atoms with Crippen LogP contribution in [0.3, 0.4) is 0 Å². The van der Waals surface area contributed by atoms with Gasteiger partial charge in [0.25, 0.3) is 5.91 Å². The molecule has 1 amide bonds. The molecule has 3 rings (SSSR count). The first kappa shape index (κ1) is 21.1. The zero-order valence-corrected chi connectivity index (χ0v) is 17.2. The Kier molecular flexibility index (Phi) is 7.11. The van der Waals surface area contributed by atoms with Crippen molar-refractivity contribution in [3.05, 3.63) is 54.6 Å². The summed E-state index contributed by atoms with van der Waals surface area (Å²) in [6.45, 7) is 3.42. The molecule has 7 nitrogen and oxygen atoms in total. The van der Waals surface area contributed by atoms with Gasteiger partial charge in [0.15, 0.2) is 6.10 Å². The Morgan fingerprint density at radius 3 is 2.34 bits per heavy atom. The first-order valence-corrected chi connectivity index (χ1v) is 11.1. The van der Waals surface area contributed by atoms with Gasteiger partial charge in [-0.25, -0.2) is 8.42 Å². The number of para-hydroxylation sites is 1. The summed E-state index contributed by atoms with van der Waals surface area (Å²) >= 11 is 0. The fourth-order valence-corrected chi connectivity index (χ4v) is 4.55. The van der Waals surface area contributed by atoms with Crippen molar-refractivity contribution >= 4 is 15.9 Å². The molecule has 29 heavy (non-hydrogen) atoms. The molecular weight excluding hydrogens is 392 g/mol. The maximum Gasteiger partial charge on any atom is 0.260 e. The normalized spacial score (nSPS) is 15.6. The fraction of sp³-hybridized carbons (Fsp3) is 0.381. The van der Waals surface area contributed by atoms with E-state index in [2.05, 4.69) is 5.32 Å². The zero-order chi connectivity index (χ0) is 20.7. The fourth-order valence-electron chi connectivity index (χ4n) is 3.03. The van der Waals surface area contributed by atoms with Gasteiger partial charge in [0, 0.05) is 13.1 Å². The van der Waals surface area contributed by atoms with E-state index in [1.54, 1.807) is 43.3 Å². The Balaban J connectivity index is 1.42. The van der Waals surface area contributed by atoms with E-state index >= 15 is 0 Å².